The summed E-state index contributed by atoms with van der Waals surface area (Å²) in [4.78, 5) is 12.1. The van der Waals surface area contributed by atoms with Gasteiger partial charge in [0.25, 0.3) is 0 Å². The van der Waals surface area contributed by atoms with E-state index in [0.717, 1.165) is 12.2 Å². The minimum atomic E-state index is 0.0947. The topological polar surface area (TPSA) is 28.5 Å². The van der Waals surface area contributed by atoms with Crippen LogP contribution in [0, 0.1) is 6.92 Å². The summed E-state index contributed by atoms with van der Waals surface area (Å²) in [6.45, 7) is 5.53. The SMILES string of the molecule is Cc1ccccc1[C@H]1[C@H](c2ccccn2)N=C2S[C@@H](C)CN21. The molecule has 1 aromatic carbocycles. The first-order valence-electron chi connectivity index (χ1n) is 7.71. The number of aromatic nitrogens is 1. The van der Waals surface area contributed by atoms with Gasteiger partial charge in [0.15, 0.2) is 5.17 Å². The number of thioether (sulfide) groups is 1. The highest BCUT2D eigenvalue weighted by atomic mass is 32.2. The van der Waals surface area contributed by atoms with E-state index in [1.165, 1.54) is 16.3 Å². The van der Waals surface area contributed by atoms with E-state index in [4.69, 9.17) is 4.99 Å². The van der Waals surface area contributed by atoms with E-state index in [1.807, 2.05) is 24.0 Å². The van der Waals surface area contributed by atoms with Crippen LogP contribution in [0.1, 0.15) is 35.8 Å². The van der Waals surface area contributed by atoms with Gasteiger partial charge in [0.05, 0.1) is 11.7 Å². The van der Waals surface area contributed by atoms with Crippen molar-refractivity contribution >= 4 is 16.9 Å². The van der Waals surface area contributed by atoms with Crippen molar-refractivity contribution in [3.8, 4) is 0 Å². The molecule has 22 heavy (non-hydrogen) atoms. The summed E-state index contributed by atoms with van der Waals surface area (Å²) in [6.07, 6.45) is 1.86. The average molecular weight is 309 g/mol. The van der Waals surface area contributed by atoms with Crippen molar-refractivity contribution in [1.29, 1.82) is 0 Å². The Labute approximate surface area is 135 Å². The van der Waals surface area contributed by atoms with Crippen LogP contribution in [0.25, 0.3) is 0 Å². The molecule has 0 unspecified atom stereocenters. The highest BCUT2D eigenvalue weighted by Gasteiger charge is 2.43. The summed E-state index contributed by atoms with van der Waals surface area (Å²) >= 11 is 1.89. The number of aryl methyl sites for hydroxylation is 1. The second kappa shape index (κ2) is 5.43. The summed E-state index contributed by atoms with van der Waals surface area (Å²) in [5, 5.41) is 1.78. The van der Waals surface area contributed by atoms with Gasteiger partial charge in [-0.15, -0.1) is 0 Å². The molecule has 2 aromatic rings. The Balaban J connectivity index is 1.81. The zero-order valence-electron chi connectivity index (χ0n) is 12.8. The lowest BCUT2D eigenvalue weighted by Crippen LogP contribution is -2.29. The van der Waals surface area contributed by atoms with Crippen molar-refractivity contribution in [3.05, 3.63) is 65.5 Å². The van der Waals surface area contributed by atoms with Crippen LogP contribution in [0.2, 0.25) is 0 Å². The van der Waals surface area contributed by atoms with Crippen LogP contribution in [0.5, 0.6) is 0 Å². The number of hydrogen-bond donors (Lipinski definition) is 0. The first-order valence-corrected chi connectivity index (χ1v) is 8.59. The van der Waals surface area contributed by atoms with Gasteiger partial charge in [-0.2, -0.15) is 0 Å². The van der Waals surface area contributed by atoms with Crippen molar-refractivity contribution < 1.29 is 0 Å². The molecule has 0 amide bonds. The van der Waals surface area contributed by atoms with Crippen LogP contribution in [0.15, 0.2) is 53.7 Å². The molecule has 3 heterocycles. The number of fused-ring (bicyclic) bond motifs is 1. The molecule has 0 N–H and O–H groups in total. The van der Waals surface area contributed by atoms with Crippen LogP contribution in [0.3, 0.4) is 0 Å². The van der Waals surface area contributed by atoms with Gasteiger partial charge >= 0.3 is 0 Å². The predicted octanol–water partition coefficient (Wildman–Crippen LogP) is 3.98. The normalized spacial score (nSPS) is 26.9. The quantitative estimate of drug-likeness (QED) is 0.840. The molecule has 3 atom stereocenters. The minimum Gasteiger partial charge on any atom is -0.341 e. The third kappa shape index (κ3) is 2.22. The molecule has 1 aromatic heterocycles. The van der Waals surface area contributed by atoms with Gasteiger partial charge in [0.2, 0.25) is 0 Å². The third-order valence-electron chi connectivity index (χ3n) is 4.39. The lowest BCUT2D eigenvalue weighted by molar-refractivity contribution is 0.320. The monoisotopic (exact) mass is 309 g/mol. The lowest BCUT2D eigenvalue weighted by Gasteiger charge is -2.28. The predicted molar refractivity (Wildman–Crippen MR) is 92.1 cm³/mol. The average Bonchev–Trinajstić information content (AvgIpc) is 3.05. The maximum atomic E-state index is 5.01. The fraction of sp³-hybridized carbons (Fsp3) is 0.333. The third-order valence-corrected chi connectivity index (χ3v) is 5.49. The van der Waals surface area contributed by atoms with Crippen LogP contribution < -0.4 is 0 Å². The molecule has 1 fully saturated rings. The molecule has 3 nitrogen and oxygen atoms in total. The van der Waals surface area contributed by atoms with Gasteiger partial charge in [0.1, 0.15) is 6.04 Å². The summed E-state index contributed by atoms with van der Waals surface area (Å²) in [7, 11) is 0. The molecule has 2 aliphatic rings. The number of nitrogens with zero attached hydrogens (tertiary/aromatic N) is 3. The number of aliphatic imine (C=N–C) groups is 1. The molecule has 2 aliphatic heterocycles. The van der Waals surface area contributed by atoms with Gasteiger partial charge < -0.3 is 4.90 Å². The molecule has 112 valence electrons. The van der Waals surface area contributed by atoms with Gasteiger partial charge in [-0.25, -0.2) is 0 Å². The minimum absolute atomic E-state index is 0.0947. The second-order valence-corrected chi connectivity index (χ2v) is 7.40. The molecule has 4 heteroatoms. The summed E-state index contributed by atoms with van der Waals surface area (Å²) in [6, 6.07) is 15.1. The number of hydrogen-bond acceptors (Lipinski definition) is 4. The smallest absolute Gasteiger partial charge is 0.160 e. The summed E-state index contributed by atoms with van der Waals surface area (Å²) < 4.78 is 0. The number of pyridine rings is 1. The van der Waals surface area contributed by atoms with E-state index in [1.54, 1.807) is 0 Å². The van der Waals surface area contributed by atoms with Crippen LogP contribution in [-0.4, -0.2) is 26.8 Å². The Bertz CT molecular complexity index is 713. The molecule has 0 aliphatic carbocycles. The Morgan fingerprint density at radius 2 is 1.95 bits per heavy atom. The van der Waals surface area contributed by atoms with E-state index in [2.05, 4.69) is 60.1 Å². The van der Waals surface area contributed by atoms with Crippen LogP contribution in [-0.2, 0) is 0 Å². The van der Waals surface area contributed by atoms with E-state index in [-0.39, 0.29) is 12.1 Å². The maximum absolute atomic E-state index is 5.01. The number of amidine groups is 1. The highest BCUT2D eigenvalue weighted by Crippen LogP contribution is 2.47. The van der Waals surface area contributed by atoms with Gasteiger partial charge in [0, 0.05) is 18.0 Å². The molecule has 4 rings (SSSR count). The molecular weight excluding hydrogens is 290 g/mol. The number of benzene rings is 1. The second-order valence-electron chi connectivity index (χ2n) is 5.99. The molecular formula is C18H19N3S. The van der Waals surface area contributed by atoms with Gasteiger partial charge in [-0.3, -0.25) is 9.98 Å². The molecule has 0 bridgehead atoms. The Morgan fingerprint density at radius 3 is 2.73 bits per heavy atom. The standard InChI is InChI=1S/C18H19N3S/c1-12-7-3-4-8-14(12)17-16(15-9-5-6-10-19-15)20-18-21(17)11-13(2)22-18/h3-10,13,16-17H,11H2,1-2H3/t13-,16-,17-/m0/s1. The van der Waals surface area contributed by atoms with E-state index >= 15 is 0 Å². The maximum Gasteiger partial charge on any atom is 0.160 e. The van der Waals surface area contributed by atoms with Crippen molar-refractivity contribution in [2.75, 3.05) is 6.54 Å². The largest absolute Gasteiger partial charge is 0.341 e. The molecule has 0 radical (unpaired) electrons. The zero-order valence-corrected chi connectivity index (χ0v) is 13.6. The zero-order chi connectivity index (χ0) is 15.1. The highest BCUT2D eigenvalue weighted by molar-refractivity contribution is 8.14. The lowest BCUT2D eigenvalue weighted by atomic mass is 9.93. The summed E-state index contributed by atoms with van der Waals surface area (Å²) in [5.74, 6) is 0. The van der Waals surface area contributed by atoms with Crippen molar-refractivity contribution in [2.24, 2.45) is 4.99 Å². The molecule has 0 saturated carbocycles. The molecule has 1 saturated heterocycles. The van der Waals surface area contributed by atoms with E-state index in [9.17, 15) is 0 Å². The fourth-order valence-electron chi connectivity index (χ4n) is 3.37. The van der Waals surface area contributed by atoms with Crippen LogP contribution in [0.4, 0.5) is 0 Å². The van der Waals surface area contributed by atoms with Crippen molar-refractivity contribution in [2.45, 2.75) is 31.2 Å². The Kier molecular flexibility index (Phi) is 3.41. The summed E-state index contributed by atoms with van der Waals surface area (Å²) in [5.41, 5.74) is 3.76. The van der Waals surface area contributed by atoms with E-state index < -0.39 is 0 Å². The number of rotatable bonds is 2. The van der Waals surface area contributed by atoms with Gasteiger partial charge in [-0.1, -0.05) is 49.0 Å². The van der Waals surface area contributed by atoms with Crippen molar-refractivity contribution in [1.82, 2.24) is 9.88 Å². The molecule has 0 spiro atoms. The van der Waals surface area contributed by atoms with E-state index in [0.29, 0.717) is 5.25 Å². The first kappa shape index (κ1) is 13.8. The van der Waals surface area contributed by atoms with Gasteiger partial charge in [-0.05, 0) is 30.2 Å². The van der Waals surface area contributed by atoms with Crippen LogP contribution >= 0.6 is 11.8 Å². The first-order chi connectivity index (χ1) is 10.7. The fourth-order valence-corrected chi connectivity index (χ4v) is 4.47. The van der Waals surface area contributed by atoms with Crippen molar-refractivity contribution in [3.63, 3.8) is 0 Å². The Morgan fingerprint density at radius 1 is 1.14 bits per heavy atom. The Hall–Kier alpha value is -1.81.